The van der Waals surface area contributed by atoms with Gasteiger partial charge in [-0.05, 0) is 68.6 Å². The molecular weight excluding hydrogens is 607 g/mol. The van der Waals surface area contributed by atoms with E-state index in [4.69, 9.17) is 4.42 Å². The lowest BCUT2D eigenvalue weighted by Crippen LogP contribution is -2.11. The summed E-state index contributed by atoms with van der Waals surface area (Å²) >= 11 is 0. The van der Waals surface area contributed by atoms with Crippen LogP contribution in [0.3, 0.4) is 0 Å². The average Bonchev–Trinajstić information content (AvgIpc) is 3.58. The zero-order valence-corrected chi connectivity index (χ0v) is 27.3. The van der Waals surface area contributed by atoms with Crippen molar-refractivity contribution in [3.05, 3.63) is 188 Å². The smallest absolute Gasteiger partial charge is 0.145 e. The van der Waals surface area contributed by atoms with Gasteiger partial charge in [0.1, 0.15) is 11.2 Å². The van der Waals surface area contributed by atoms with E-state index in [1.807, 2.05) is 0 Å². The van der Waals surface area contributed by atoms with E-state index in [9.17, 15) is 0 Å². The van der Waals surface area contributed by atoms with Gasteiger partial charge in [-0.15, -0.1) is 0 Å². The maximum absolute atomic E-state index is 6.78. The van der Waals surface area contributed by atoms with Crippen molar-refractivity contribution in [1.82, 2.24) is 0 Å². The molecule has 10 rings (SSSR count). The van der Waals surface area contributed by atoms with Crippen LogP contribution in [0.15, 0.2) is 192 Å². The molecule has 0 aliphatic carbocycles. The largest absolute Gasteiger partial charge is 0.455 e. The zero-order chi connectivity index (χ0) is 33.0. The van der Waals surface area contributed by atoms with E-state index in [0.717, 1.165) is 50.1 Å². The molecule has 0 aliphatic rings. The van der Waals surface area contributed by atoms with Gasteiger partial charge in [0.05, 0.1) is 22.4 Å². The van der Waals surface area contributed by atoms with Gasteiger partial charge in [0.15, 0.2) is 0 Å². The molecule has 0 saturated carbocycles. The Morgan fingerprint density at radius 1 is 0.320 bits per heavy atom. The number of nitrogens with zero attached hydrogens (tertiary/aromatic N) is 1. The second kappa shape index (κ2) is 11.5. The highest BCUT2D eigenvalue weighted by Gasteiger charge is 2.25. The van der Waals surface area contributed by atoms with Gasteiger partial charge in [0.25, 0.3) is 0 Å². The molecule has 0 fully saturated rings. The van der Waals surface area contributed by atoms with E-state index in [2.05, 4.69) is 193 Å². The minimum atomic E-state index is 0.875. The second-order valence-electron chi connectivity index (χ2n) is 12.8. The first-order valence-corrected chi connectivity index (χ1v) is 17.1. The Bertz CT molecular complexity index is 2870. The van der Waals surface area contributed by atoms with Crippen molar-refractivity contribution in [1.29, 1.82) is 0 Å². The van der Waals surface area contributed by atoms with Gasteiger partial charge in [-0.2, -0.15) is 0 Å². The maximum atomic E-state index is 6.78. The quantitative estimate of drug-likeness (QED) is 0.175. The Balaban J connectivity index is 1.34. The Hall–Kier alpha value is -6.64. The highest BCUT2D eigenvalue weighted by atomic mass is 16.3. The number of furan rings is 1. The van der Waals surface area contributed by atoms with Gasteiger partial charge in [0, 0.05) is 21.7 Å². The summed E-state index contributed by atoms with van der Waals surface area (Å²) in [6, 6.07) is 67.4. The topological polar surface area (TPSA) is 16.4 Å². The van der Waals surface area contributed by atoms with Crippen LogP contribution >= 0.6 is 0 Å². The Kier molecular flexibility index (Phi) is 6.53. The van der Waals surface area contributed by atoms with Crippen molar-refractivity contribution in [2.45, 2.75) is 0 Å². The molecule has 0 amide bonds. The molecule has 2 heteroatoms. The van der Waals surface area contributed by atoms with Crippen LogP contribution < -0.4 is 4.90 Å². The van der Waals surface area contributed by atoms with Crippen LogP contribution in [0.25, 0.3) is 76.5 Å². The molecule has 0 bridgehead atoms. The molecule has 234 valence electrons. The normalized spacial score (nSPS) is 11.6. The number of hydrogen-bond donors (Lipinski definition) is 0. The fraction of sp³-hybridized carbons (Fsp3) is 0. The van der Waals surface area contributed by atoms with Crippen molar-refractivity contribution in [3.63, 3.8) is 0 Å². The summed E-state index contributed by atoms with van der Waals surface area (Å²) in [4.78, 5) is 2.47. The predicted molar refractivity (Wildman–Crippen MR) is 212 cm³/mol. The van der Waals surface area contributed by atoms with Crippen molar-refractivity contribution >= 4 is 71.3 Å². The fourth-order valence-electron chi connectivity index (χ4n) is 7.81. The third kappa shape index (κ3) is 4.43. The lowest BCUT2D eigenvalue weighted by molar-refractivity contribution is 0.670. The van der Waals surface area contributed by atoms with Crippen molar-refractivity contribution in [2.75, 3.05) is 4.90 Å². The van der Waals surface area contributed by atoms with Gasteiger partial charge in [-0.25, -0.2) is 0 Å². The molecule has 0 unspecified atom stereocenters. The summed E-state index contributed by atoms with van der Waals surface area (Å²) in [7, 11) is 0. The number of anilines is 3. The summed E-state index contributed by atoms with van der Waals surface area (Å²) in [5.74, 6) is 0. The van der Waals surface area contributed by atoms with Crippen LogP contribution in [0.1, 0.15) is 0 Å². The van der Waals surface area contributed by atoms with Crippen molar-refractivity contribution < 1.29 is 4.42 Å². The number of benzene rings is 9. The average molecular weight is 638 g/mol. The van der Waals surface area contributed by atoms with Gasteiger partial charge in [-0.1, -0.05) is 158 Å². The molecule has 0 radical (unpaired) electrons. The van der Waals surface area contributed by atoms with Crippen molar-refractivity contribution in [3.8, 4) is 22.3 Å². The first-order valence-electron chi connectivity index (χ1n) is 17.1. The highest BCUT2D eigenvalue weighted by Crippen LogP contribution is 2.49. The third-order valence-electron chi connectivity index (χ3n) is 10.1. The van der Waals surface area contributed by atoms with E-state index in [-0.39, 0.29) is 0 Å². The van der Waals surface area contributed by atoms with Crippen LogP contribution in [-0.2, 0) is 0 Å². The Morgan fingerprint density at radius 3 is 1.68 bits per heavy atom. The van der Waals surface area contributed by atoms with E-state index in [1.165, 1.54) is 43.4 Å². The van der Waals surface area contributed by atoms with Crippen LogP contribution in [0.5, 0.6) is 0 Å². The monoisotopic (exact) mass is 637 g/mol. The number of hydrogen-bond acceptors (Lipinski definition) is 2. The van der Waals surface area contributed by atoms with E-state index < -0.39 is 0 Å². The second-order valence-corrected chi connectivity index (χ2v) is 12.8. The standard InChI is InChI=1S/C48H31NO/c1-3-14-32(15-4-1)36-21-11-24-40-38(36)22-12-25-43(40)49(44-26-13-23-39-35-19-8-7-18-34(35)28-29-41(39)44)45-31-30-37(33-16-5-2-6-17-33)48-47(45)42-20-9-10-27-46(42)50-48/h1-31H. The number of para-hydroxylation sites is 1. The molecule has 10 aromatic rings. The third-order valence-corrected chi connectivity index (χ3v) is 10.1. The van der Waals surface area contributed by atoms with Crippen LogP contribution in [0.2, 0.25) is 0 Å². The minimum Gasteiger partial charge on any atom is -0.455 e. The SMILES string of the molecule is c1ccc(-c2cccc3c(N(c4cccc5c4ccc4ccccc45)c4ccc(-c5ccccc5)c5oc6ccccc6c45)cccc23)cc1. The van der Waals surface area contributed by atoms with E-state index >= 15 is 0 Å². The van der Waals surface area contributed by atoms with Gasteiger partial charge in [-0.3, -0.25) is 0 Å². The summed E-state index contributed by atoms with van der Waals surface area (Å²) in [5, 5.41) is 9.47. The lowest BCUT2D eigenvalue weighted by atomic mass is 9.95. The first-order chi connectivity index (χ1) is 24.8. The lowest BCUT2D eigenvalue weighted by Gasteiger charge is -2.29. The first kappa shape index (κ1) is 28.4. The predicted octanol–water partition coefficient (Wildman–Crippen LogP) is 13.8. The van der Waals surface area contributed by atoms with Gasteiger partial charge >= 0.3 is 0 Å². The molecular formula is C48H31NO. The van der Waals surface area contributed by atoms with Gasteiger partial charge < -0.3 is 9.32 Å². The zero-order valence-electron chi connectivity index (χ0n) is 27.3. The summed E-state index contributed by atoms with van der Waals surface area (Å²) in [6.07, 6.45) is 0. The molecule has 0 saturated heterocycles. The summed E-state index contributed by atoms with van der Waals surface area (Å²) < 4.78 is 6.78. The molecule has 0 N–H and O–H groups in total. The van der Waals surface area contributed by atoms with Crippen molar-refractivity contribution in [2.24, 2.45) is 0 Å². The number of fused-ring (bicyclic) bond motifs is 7. The molecule has 2 nitrogen and oxygen atoms in total. The molecule has 1 aromatic heterocycles. The summed E-state index contributed by atoms with van der Waals surface area (Å²) in [6.45, 7) is 0. The molecule has 1 heterocycles. The Labute approximate surface area is 290 Å². The molecule has 0 aliphatic heterocycles. The van der Waals surface area contributed by atoms with Crippen LogP contribution in [-0.4, -0.2) is 0 Å². The minimum absolute atomic E-state index is 0.875. The van der Waals surface area contributed by atoms with Crippen LogP contribution in [0, 0.1) is 0 Å². The summed E-state index contributed by atoms with van der Waals surface area (Å²) in [5.41, 5.74) is 9.68. The number of rotatable bonds is 5. The van der Waals surface area contributed by atoms with Gasteiger partial charge in [0.2, 0.25) is 0 Å². The van der Waals surface area contributed by atoms with Crippen LogP contribution in [0.4, 0.5) is 17.1 Å². The molecule has 0 atom stereocenters. The Morgan fingerprint density at radius 2 is 0.900 bits per heavy atom. The highest BCUT2D eigenvalue weighted by molar-refractivity contribution is 6.20. The molecule has 0 spiro atoms. The van der Waals surface area contributed by atoms with E-state index in [1.54, 1.807) is 0 Å². The molecule has 50 heavy (non-hydrogen) atoms. The fourth-order valence-corrected chi connectivity index (χ4v) is 7.81. The maximum Gasteiger partial charge on any atom is 0.145 e. The molecule has 9 aromatic carbocycles. The van der Waals surface area contributed by atoms with E-state index in [0.29, 0.717) is 0 Å².